The van der Waals surface area contributed by atoms with E-state index in [1.165, 1.54) is 18.7 Å². The van der Waals surface area contributed by atoms with Crippen molar-refractivity contribution in [2.75, 3.05) is 10.6 Å². The molecule has 142 valence electrons. The maximum absolute atomic E-state index is 13.0. The molecule has 0 spiro atoms. The highest BCUT2D eigenvalue weighted by Crippen LogP contribution is 2.37. The van der Waals surface area contributed by atoms with E-state index in [-0.39, 0.29) is 11.8 Å². The number of thioether (sulfide) groups is 1. The van der Waals surface area contributed by atoms with E-state index in [9.17, 15) is 9.59 Å². The van der Waals surface area contributed by atoms with Crippen LogP contribution in [0, 0.1) is 0 Å². The molecule has 2 amide bonds. The van der Waals surface area contributed by atoms with E-state index in [0.29, 0.717) is 16.4 Å². The van der Waals surface area contributed by atoms with Crippen molar-refractivity contribution in [2.24, 2.45) is 0 Å². The van der Waals surface area contributed by atoms with E-state index < -0.39 is 5.25 Å². The lowest BCUT2D eigenvalue weighted by Crippen LogP contribution is -2.19. The van der Waals surface area contributed by atoms with Crippen molar-refractivity contribution in [1.82, 2.24) is 0 Å². The van der Waals surface area contributed by atoms with Gasteiger partial charge in [0.15, 0.2) is 0 Å². The molecular weight excluding hydrogens is 392 g/mol. The Morgan fingerprint density at radius 2 is 1.50 bits per heavy atom. The summed E-state index contributed by atoms with van der Waals surface area (Å²) in [4.78, 5) is 25.1. The van der Waals surface area contributed by atoms with Crippen LogP contribution in [0.1, 0.15) is 17.7 Å². The monoisotopic (exact) mass is 410 g/mol. The van der Waals surface area contributed by atoms with Gasteiger partial charge in [-0.1, -0.05) is 54.1 Å². The van der Waals surface area contributed by atoms with E-state index in [4.69, 9.17) is 11.6 Å². The molecular formula is C22H19ClN2O2S. The van der Waals surface area contributed by atoms with E-state index >= 15 is 0 Å². The highest BCUT2D eigenvalue weighted by atomic mass is 35.5. The molecule has 0 aliphatic carbocycles. The van der Waals surface area contributed by atoms with Gasteiger partial charge in [-0.25, -0.2) is 0 Å². The smallest absolute Gasteiger partial charge is 0.242 e. The average Bonchev–Trinajstić information content (AvgIpc) is 2.69. The van der Waals surface area contributed by atoms with Crippen molar-refractivity contribution in [3.63, 3.8) is 0 Å². The maximum Gasteiger partial charge on any atom is 0.242 e. The fourth-order valence-electron chi connectivity index (χ4n) is 2.62. The topological polar surface area (TPSA) is 58.2 Å². The predicted octanol–water partition coefficient (Wildman–Crippen LogP) is 5.77. The van der Waals surface area contributed by atoms with E-state index in [1.807, 2.05) is 66.7 Å². The zero-order chi connectivity index (χ0) is 19.9. The van der Waals surface area contributed by atoms with Crippen LogP contribution < -0.4 is 10.6 Å². The minimum atomic E-state index is -0.455. The van der Waals surface area contributed by atoms with Gasteiger partial charge in [-0.2, -0.15) is 0 Å². The maximum atomic E-state index is 13.0. The summed E-state index contributed by atoms with van der Waals surface area (Å²) < 4.78 is 0. The first kappa shape index (κ1) is 20.0. The summed E-state index contributed by atoms with van der Waals surface area (Å²) in [6.45, 7) is 1.47. The zero-order valence-electron chi connectivity index (χ0n) is 15.2. The van der Waals surface area contributed by atoms with Crippen LogP contribution in [-0.4, -0.2) is 11.8 Å². The molecule has 3 rings (SSSR count). The molecule has 0 aliphatic rings. The first-order valence-corrected chi connectivity index (χ1v) is 9.93. The van der Waals surface area contributed by atoms with Crippen molar-refractivity contribution in [1.29, 1.82) is 0 Å². The lowest BCUT2D eigenvalue weighted by molar-refractivity contribution is -0.116. The van der Waals surface area contributed by atoms with E-state index in [2.05, 4.69) is 10.6 Å². The molecule has 0 fully saturated rings. The zero-order valence-corrected chi connectivity index (χ0v) is 16.8. The molecule has 4 nitrogen and oxygen atoms in total. The van der Waals surface area contributed by atoms with Gasteiger partial charge in [0.25, 0.3) is 0 Å². The predicted molar refractivity (Wildman–Crippen MR) is 116 cm³/mol. The number of carbonyl (C=O) groups excluding carboxylic acids is 2. The first-order valence-electron chi connectivity index (χ1n) is 8.67. The molecule has 0 aromatic heterocycles. The Labute approximate surface area is 173 Å². The molecule has 0 saturated carbocycles. The lowest BCUT2D eigenvalue weighted by Gasteiger charge is -2.18. The first-order chi connectivity index (χ1) is 13.5. The summed E-state index contributed by atoms with van der Waals surface area (Å²) in [7, 11) is 0. The summed E-state index contributed by atoms with van der Waals surface area (Å²) in [5.41, 5.74) is 2.19. The van der Waals surface area contributed by atoms with Gasteiger partial charge in [-0.05, 0) is 42.0 Å². The summed E-state index contributed by atoms with van der Waals surface area (Å²) in [5.74, 6) is -0.281. The summed E-state index contributed by atoms with van der Waals surface area (Å²) in [6.07, 6.45) is 0. The molecule has 0 saturated heterocycles. The molecule has 0 heterocycles. The highest BCUT2D eigenvalue weighted by molar-refractivity contribution is 8.00. The molecule has 1 unspecified atom stereocenters. The summed E-state index contributed by atoms with van der Waals surface area (Å²) in [6, 6.07) is 24.1. The third-order valence-electron chi connectivity index (χ3n) is 3.90. The highest BCUT2D eigenvalue weighted by Gasteiger charge is 2.22. The van der Waals surface area contributed by atoms with E-state index in [1.54, 1.807) is 12.1 Å². The number of halogens is 1. The van der Waals surface area contributed by atoms with Crippen LogP contribution in [0.15, 0.2) is 83.8 Å². The molecule has 3 aromatic rings. The molecule has 0 radical (unpaired) electrons. The molecule has 2 N–H and O–H groups in total. The van der Waals surface area contributed by atoms with Gasteiger partial charge >= 0.3 is 0 Å². The molecule has 6 heteroatoms. The number of para-hydroxylation sites is 1. The Morgan fingerprint density at radius 1 is 0.857 bits per heavy atom. The molecule has 0 aliphatic heterocycles. The van der Waals surface area contributed by atoms with Crippen LogP contribution in [0.25, 0.3) is 0 Å². The number of benzene rings is 3. The van der Waals surface area contributed by atoms with Crippen LogP contribution in [-0.2, 0) is 9.59 Å². The number of hydrogen-bond acceptors (Lipinski definition) is 3. The largest absolute Gasteiger partial charge is 0.326 e. The quantitative estimate of drug-likeness (QED) is 0.507. The van der Waals surface area contributed by atoms with Gasteiger partial charge in [-0.15, -0.1) is 11.8 Å². The fourth-order valence-corrected chi connectivity index (χ4v) is 3.83. The number of carbonyl (C=O) groups is 2. The minimum absolute atomic E-state index is 0.123. The fraction of sp³-hybridized carbons (Fsp3) is 0.0909. The van der Waals surface area contributed by atoms with Gasteiger partial charge in [0.1, 0.15) is 5.25 Å². The van der Waals surface area contributed by atoms with Crippen molar-refractivity contribution in [3.05, 3.63) is 89.4 Å². The van der Waals surface area contributed by atoms with Crippen molar-refractivity contribution < 1.29 is 9.59 Å². The summed E-state index contributed by atoms with van der Waals surface area (Å²) >= 11 is 7.62. The Kier molecular flexibility index (Phi) is 6.74. The number of anilines is 2. The summed E-state index contributed by atoms with van der Waals surface area (Å²) in [5, 5.41) is 5.69. The number of nitrogens with one attached hydrogen (secondary N) is 2. The number of hydrogen-bond donors (Lipinski definition) is 2. The third-order valence-corrected chi connectivity index (χ3v) is 5.50. The van der Waals surface area contributed by atoms with Gasteiger partial charge in [0, 0.05) is 17.5 Å². The van der Waals surface area contributed by atoms with Gasteiger partial charge in [-0.3, -0.25) is 9.59 Å². The Bertz CT molecular complexity index is 962. The van der Waals surface area contributed by atoms with Gasteiger partial charge in [0.05, 0.1) is 10.7 Å². The van der Waals surface area contributed by atoms with Crippen LogP contribution in [0.2, 0.25) is 5.02 Å². The Hall–Kier alpha value is -2.76. The van der Waals surface area contributed by atoms with Crippen molar-refractivity contribution >= 4 is 46.6 Å². The second kappa shape index (κ2) is 9.44. The van der Waals surface area contributed by atoms with Crippen LogP contribution in [0.5, 0.6) is 0 Å². The standard InChI is InChI=1S/C22H19ClN2O2S/c1-15(26)24-17-11-13-18(14-12-17)28-21(16-7-3-2-4-8-16)22(27)25-20-10-6-5-9-19(20)23/h2-14,21H,1H3,(H,24,26)(H,25,27). The molecule has 3 aromatic carbocycles. The molecule has 28 heavy (non-hydrogen) atoms. The molecule has 0 bridgehead atoms. The van der Waals surface area contributed by atoms with Gasteiger partial charge in [0.2, 0.25) is 11.8 Å². The SMILES string of the molecule is CC(=O)Nc1ccc(SC(C(=O)Nc2ccccc2Cl)c2ccccc2)cc1. The second-order valence-corrected chi connectivity index (χ2v) is 7.67. The lowest BCUT2D eigenvalue weighted by atomic mass is 10.1. The van der Waals surface area contributed by atoms with E-state index in [0.717, 1.165) is 10.5 Å². The normalized spacial score (nSPS) is 11.5. The Morgan fingerprint density at radius 3 is 2.14 bits per heavy atom. The van der Waals surface area contributed by atoms with Crippen LogP contribution in [0.3, 0.4) is 0 Å². The Balaban J connectivity index is 1.82. The molecule has 1 atom stereocenters. The average molecular weight is 411 g/mol. The van der Waals surface area contributed by atoms with Crippen LogP contribution in [0.4, 0.5) is 11.4 Å². The van der Waals surface area contributed by atoms with Crippen molar-refractivity contribution in [2.45, 2.75) is 17.1 Å². The number of amides is 2. The second-order valence-electron chi connectivity index (χ2n) is 6.08. The number of rotatable bonds is 6. The third kappa shape index (κ3) is 5.38. The van der Waals surface area contributed by atoms with Crippen LogP contribution >= 0.6 is 23.4 Å². The minimum Gasteiger partial charge on any atom is -0.326 e. The van der Waals surface area contributed by atoms with Crippen molar-refractivity contribution in [3.8, 4) is 0 Å². The van der Waals surface area contributed by atoms with Gasteiger partial charge < -0.3 is 10.6 Å².